The highest BCUT2D eigenvalue weighted by Crippen LogP contribution is 2.33. The molecule has 0 spiro atoms. The molecule has 0 amide bonds. The van der Waals surface area contributed by atoms with Crippen LogP contribution in [0.2, 0.25) is 0 Å². The van der Waals surface area contributed by atoms with Gasteiger partial charge < -0.3 is 5.11 Å². The molecule has 0 aromatic heterocycles. The third kappa shape index (κ3) is 1.87. The Morgan fingerprint density at radius 2 is 1.67 bits per heavy atom. The van der Waals surface area contributed by atoms with E-state index in [1.807, 2.05) is 0 Å². The molecule has 3 nitrogen and oxygen atoms in total. The summed E-state index contributed by atoms with van der Waals surface area (Å²) in [5, 5.41) is 6.89. The lowest BCUT2D eigenvalue weighted by molar-refractivity contribution is 0.356. The van der Waals surface area contributed by atoms with E-state index in [1.54, 1.807) is 0 Å². The zero-order valence-corrected chi connectivity index (χ0v) is 8.61. The standard InChI is InChI=1S/C6H10Cl2O3S/c7-4-1-2-5(8)6(4)12(10,11)3-9/h4-6,9H,1-3H2. The maximum Gasteiger partial charge on any atom is 0.179 e. The lowest BCUT2D eigenvalue weighted by atomic mass is 10.4. The van der Waals surface area contributed by atoms with E-state index < -0.39 is 31.8 Å². The first-order chi connectivity index (χ1) is 5.49. The van der Waals surface area contributed by atoms with Crippen LogP contribution in [0, 0.1) is 0 Å². The lowest BCUT2D eigenvalue weighted by Crippen LogP contribution is -2.34. The van der Waals surface area contributed by atoms with Crippen molar-refractivity contribution in [2.75, 3.05) is 5.94 Å². The minimum Gasteiger partial charge on any atom is -0.380 e. The second-order valence-electron chi connectivity index (χ2n) is 2.87. The van der Waals surface area contributed by atoms with Gasteiger partial charge >= 0.3 is 0 Å². The number of sulfone groups is 1. The van der Waals surface area contributed by atoms with Gasteiger partial charge in [0.05, 0.1) is 16.0 Å². The van der Waals surface area contributed by atoms with Crippen molar-refractivity contribution in [3.8, 4) is 0 Å². The number of aliphatic hydroxyl groups excluding tert-OH is 1. The molecule has 1 rings (SSSR count). The maximum absolute atomic E-state index is 11.2. The highest BCUT2D eigenvalue weighted by molar-refractivity contribution is 7.92. The molecule has 0 aliphatic heterocycles. The maximum atomic E-state index is 11.2. The van der Waals surface area contributed by atoms with Gasteiger partial charge in [0.25, 0.3) is 0 Å². The van der Waals surface area contributed by atoms with Gasteiger partial charge in [-0.1, -0.05) is 0 Å². The predicted octanol–water partition coefficient (Wildman–Crippen LogP) is 0.728. The molecule has 6 heteroatoms. The van der Waals surface area contributed by atoms with Gasteiger partial charge in [0, 0.05) is 0 Å². The van der Waals surface area contributed by atoms with E-state index in [-0.39, 0.29) is 0 Å². The third-order valence-corrected chi connectivity index (χ3v) is 5.15. The van der Waals surface area contributed by atoms with Crippen LogP contribution in [0.25, 0.3) is 0 Å². The van der Waals surface area contributed by atoms with Gasteiger partial charge in [-0.15, -0.1) is 23.2 Å². The Kier molecular flexibility index (Phi) is 3.26. The Morgan fingerprint density at radius 3 is 2.00 bits per heavy atom. The first-order valence-electron chi connectivity index (χ1n) is 3.59. The van der Waals surface area contributed by atoms with Crippen LogP contribution in [0.1, 0.15) is 12.8 Å². The number of halogens is 2. The summed E-state index contributed by atoms with van der Waals surface area (Å²) in [6.45, 7) is 0. The monoisotopic (exact) mass is 232 g/mol. The summed E-state index contributed by atoms with van der Waals surface area (Å²) >= 11 is 11.5. The van der Waals surface area contributed by atoms with E-state index in [9.17, 15) is 8.42 Å². The zero-order valence-electron chi connectivity index (χ0n) is 6.28. The Bertz CT molecular complexity index is 242. The molecule has 12 heavy (non-hydrogen) atoms. The van der Waals surface area contributed by atoms with E-state index >= 15 is 0 Å². The molecule has 2 atom stereocenters. The summed E-state index contributed by atoms with van der Waals surface area (Å²) in [5.41, 5.74) is 0. The molecule has 1 saturated carbocycles. The summed E-state index contributed by atoms with van der Waals surface area (Å²) in [6, 6.07) is 0. The van der Waals surface area contributed by atoms with Crippen molar-refractivity contribution in [1.82, 2.24) is 0 Å². The molecule has 0 radical (unpaired) electrons. The van der Waals surface area contributed by atoms with Crippen molar-refractivity contribution in [3.05, 3.63) is 0 Å². The minimum absolute atomic E-state index is 0.454. The van der Waals surface area contributed by atoms with Gasteiger partial charge in [-0.05, 0) is 12.8 Å². The molecule has 0 bridgehead atoms. The van der Waals surface area contributed by atoms with Crippen LogP contribution in [0.5, 0.6) is 0 Å². The molecular formula is C6H10Cl2O3S. The van der Waals surface area contributed by atoms with Gasteiger partial charge in [0.1, 0.15) is 5.94 Å². The Labute approximate surface area is 81.6 Å². The quantitative estimate of drug-likeness (QED) is 0.715. The lowest BCUT2D eigenvalue weighted by Gasteiger charge is -2.15. The topological polar surface area (TPSA) is 54.4 Å². The van der Waals surface area contributed by atoms with Gasteiger partial charge in [-0.3, -0.25) is 0 Å². The van der Waals surface area contributed by atoms with E-state index in [2.05, 4.69) is 0 Å². The van der Waals surface area contributed by atoms with Crippen LogP contribution in [0.4, 0.5) is 0 Å². The summed E-state index contributed by atoms with van der Waals surface area (Å²) in [4.78, 5) is 0. The summed E-state index contributed by atoms with van der Waals surface area (Å²) in [7, 11) is -3.50. The Morgan fingerprint density at radius 1 is 1.25 bits per heavy atom. The molecule has 2 unspecified atom stereocenters. The van der Waals surface area contributed by atoms with Crippen molar-refractivity contribution < 1.29 is 13.5 Å². The van der Waals surface area contributed by atoms with Crippen LogP contribution < -0.4 is 0 Å². The van der Waals surface area contributed by atoms with E-state index in [1.165, 1.54) is 0 Å². The molecule has 0 aromatic carbocycles. The van der Waals surface area contributed by atoms with Crippen LogP contribution >= 0.6 is 23.2 Å². The third-order valence-electron chi connectivity index (χ3n) is 2.03. The summed E-state index contributed by atoms with van der Waals surface area (Å²) in [6.07, 6.45) is 1.19. The first kappa shape index (κ1) is 10.6. The average Bonchev–Trinajstić information content (AvgIpc) is 2.31. The highest BCUT2D eigenvalue weighted by Gasteiger charge is 2.42. The fourth-order valence-corrected chi connectivity index (χ4v) is 4.37. The van der Waals surface area contributed by atoms with Gasteiger partial charge in [0.2, 0.25) is 0 Å². The zero-order chi connectivity index (χ0) is 9.35. The van der Waals surface area contributed by atoms with Crippen molar-refractivity contribution in [1.29, 1.82) is 0 Å². The molecule has 0 aromatic rings. The summed E-state index contributed by atoms with van der Waals surface area (Å²) in [5.74, 6) is -0.871. The van der Waals surface area contributed by atoms with E-state index in [0.29, 0.717) is 12.8 Å². The normalized spacial score (nSPS) is 37.1. The molecule has 1 N–H and O–H groups in total. The summed E-state index contributed by atoms with van der Waals surface area (Å²) < 4.78 is 22.4. The fourth-order valence-electron chi connectivity index (χ4n) is 1.41. The van der Waals surface area contributed by atoms with Crippen molar-refractivity contribution in [3.63, 3.8) is 0 Å². The second kappa shape index (κ2) is 3.70. The first-order valence-corrected chi connectivity index (χ1v) is 6.18. The van der Waals surface area contributed by atoms with Crippen molar-refractivity contribution in [2.24, 2.45) is 0 Å². The number of hydrogen-bond acceptors (Lipinski definition) is 3. The molecule has 0 saturated heterocycles. The van der Waals surface area contributed by atoms with Crippen molar-refractivity contribution in [2.45, 2.75) is 28.8 Å². The number of rotatable bonds is 2. The predicted molar refractivity (Wildman–Crippen MR) is 48.3 cm³/mol. The molecule has 1 aliphatic carbocycles. The Hall–Kier alpha value is 0.490. The van der Waals surface area contributed by atoms with Crippen molar-refractivity contribution >= 4 is 33.0 Å². The molecular weight excluding hydrogens is 223 g/mol. The molecule has 1 aliphatic rings. The van der Waals surface area contributed by atoms with E-state index in [0.717, 1.165) is 0 Å². The average molecular weight is 233 g/mol. The SMILES string of the molecule is O=S(=O)(CO)C1C(Cl)CCC1Cl. The van der Waals surface area contributed by atoms with Crippen LogP contribution in [0.15, 0.2) is 0 Å². The number of aliphatic hydroxyl groups is 1. The largest absolute Gasteiger partial charge is 0.380 e. The fraction of sp³-hybridized carbons (Fsp3) is 1.00. The minimum atomic E-state index is -3.50. The molecule has 1 fully saturated rings. The van der Waals surface area contributed by atoms with Crippen LogP contribution in [-0.4, -0.2) is 35.5 Å². The smallest absolute Gasteiger partial charge is 0.179 e. The molecule has 0 heterocycles. The van der Waals surface area contributed by atoms with Gasteiger partial charge in [0.15, 0.2) is 9.84 Å². The highest BCUT2D eigenvalue weighted by atomic mass is 35.5. The number of hydrogen-bond donors (Lipinski definition) is 1. The molecule has 72 valence electrons. The van der Waals surface area contributed by atoms with Gasteiger partial charge in [-0.2, -0.15) is 0 Å². The Balaban J connectivity index is 2.86. The van der Waals surface area contributed by atoms with Gasteiger partial charge in [-0.25, -0.2) is 8.42 Å². The number of alkyl halides is 2. The van der Waals surface area contributed by atoms with Crippen LogP contribution in [-0.2, 0) is 9.84 Å². The van der Waals surface area contributed by atoms with E-state index in [4.69, 9.17) is 28.3 Å². The second-order valence-corrected chi connectivity index (χ2v) is 6.12. The van der Waals surface area contributed by atoms with Crippen LogP contribution in [0.3, 0.4) is 0 Å².